The summed E-state index contributed by atoms with van der Waals surface area (Å²) < 4.78 is 10.4. The van der Waals surface area contributed by atoms with Crippen LogP contribution in [-0.2, 0) is 0 Å². The lowest BCUT2D eigenvalue weighted by Crippen LogP contribution is -2.20. The molecule has 0 fully saturated rings. The zero-order valence-corrected chi connectivity index (χ0v) is 8.42. The highest BCUT2D eigenvalue weighted by atomic mass is 35.5. The van der Waals surface area contributed by atoms with E-state index >= 15 is 0 Å². The Labute approximate surface area is 88.6 Å². The van der Waals surface area contributed by atoms with Crippen LogP contribution >= 0.6 is 12.4 Å². The summed E-state index contributed by atoms with van der Waals surface area (Å²) in [5, 5.41) is 0. The van der Waals surface area contributed by atoms with E-state index in [1.54, 1.807) is 0 Å². The largest absolute Gasteiger partial charge is 0.454 e. The van der Waals surface area contributed by atoms with Crippen molar-refractivity contribution in [2.45, 2.75) is 6.04 Å². The van der Waals surface area contributed by atoms with Crippen LogP contribution in [0.2, 0.25) is 0 Å². The summed E-state index contributed by atoms with van der Waals surface area (Å²) in [6.45, 7) is 0.719. The van der Waals surface area contributed by atoms with Gasteiger partial charge in [0.2, 0.25) is 6.79 Å². The molecule has 4 nitrogen and oxygen atoms in total. The summed E-state index contributed by atoms with van der Waals surface area (Å²) in [5.74, 6) is 1.52. The lowest BCUT2D eigenvalue weighted by atomic mass is 10.1. The highest BCUT2D eigenvalue weighted by Gasteiger charge is 2.14. The third-order valence-corrected chi connectivity index (χ3v) is 2.08. The molecule has 0 aromatic heterocycles. The van der Waals surface area contributed by atoms with Gasteiger partial charge in [-0.25, -0.2) is 0 Å². The Morgan fingerprint density at radius 1 is 1.29 bits per heavy atom. The molecule has 1 aliphatic rings. The van der Waals surface area contributed by atoms with Crippen LogP contribution in [-0.4, -0.2) is 13.3 Å². The summed E-state index contributed by atoms with van der Waals surface area (Å²) in [4.78, 5) is 0. The van der Waals surface area contributed by atoms with Gasteiger partial charge in [-0.05, 0) is 17.7 Å². The van der Waals surface area contributed by atoms with Gasteiger partial charge in [0.25, 0.3) is 0 Å². The fourth-order valence-corrected chi connectivity index (χ4v) is 1.28. The Morgan fingerprint density at radius 2 is 2.00 bits per heavy atom. The predicted molar refractivity (Wildman–Crippen MR) is 55.8 cm³/mol. The smallest absolute Gasteiger partial charge is 0.231 e. The number of hydrogen-bond acceptors (Lipinski definition) is 4. The Kier molecular flexibility index (Phi) is 3.57. The second-order valence-corrected chi connectivity index (χ2v) is 2.95. The van der Waals surface area contributed by atoms with Crippen molar-refractivity contribution < 1.29 is 9.47 Å². The Balaban J connectivity index is 0.000000980. The van der Waals surface area contributed by atoms with Gasteiger partial charge >= 0.3 is 0 Å². The van der Waals surface area contributed by atoms with Gasteiger partial charge in [0.15, 0.2) is 11.5 Å². The Bertz CT molecular complexity index is 320. The second kappa shape index (κ2) is 4.50. The molecule has 0 saturated heterocycles. The van der Waals surface area contributed by atoms with Gasteiger partial charge in [-0.2, -0.15) is 0 Å². The van der Waals surface area contributed by atoms with Gasteiger partial charge < -0.3 is 20.9 Å². The number of hydrogen-bond donors (Lipinski definition) is 2. The molecular formula is C9H13ClN2O2. The molecular weight excluding hydrogens is 204 g/mol. The van der Waals surface area contributed by atoms with Crippen molar-refractivity contribution in [2.75, 3.05) is 13.3 Å². The topological polar surface area (TPSA) is 70.5 Å². The summed E-state index contributed by atoms with van der Waals surface area (Å²) in [5.41, 5.74) is 12.2. The van der Waals surface area contributed by atoms with Crippen molar-refractivity contribution in [2.24, 2.45) is 11.5 Å². The van der Waals surface area contributed by atoms with Crippen molar-refractivity contribution in [1.29, 1.82) is 0 Å². The molecule has 0 unspecified atom stereocenters. The molecule has 14 heavy (non-hydrogen) atoms. The van der Waals surface area contributed by atoms with E-state index in [0.717, 1.165) is 17.1 Å². The molecule has 1 heterocycles. The van der Waals surface area contributed by atoms with E-state index < -0.39 is 0 Å². The number of fused-ring (bicyclic) bond motifs is 1. The lowest BCUT2D eigenvalue weighted by Gasteiger charge is -2.08. The fraction of sp³-hybridized carbons (Fsp3) is 0.333. The minimum atomic E-state index is -0.130. The summed E-state index contributed by atoms with van der Waals surface area (Å²) in [6.07, 6.45) is 0. The highest BCUT2D eigenvalue weighted by molar-refractivity contribution is 5.85. The van der Waals surface area contributed by atoms with E-state index in [-0.39, 0.29) is 25.2 Å². The lowest BCUT2D eigenvalue weighted by molar-refractivity contribution is 0.174. The Hall–Kier alpha value is -0.970. The number of rotatable bonds is 2. The van der Waals surface area contributed by atoms with Crippen molar-refractivity contribution in [1.82, 2.24) is 0 Å². The molecule has 5 heteroatoms. The monoisotopic (exact) mass is 216 g/mol. The van der Waals surface area contributed by atoms with E-state index in [9.17, 15) is 0 Å². The molecule has 1 aliphatic heterocycles. The van der Waals surface area contributed by atoms with Gasteiger partial charge in [-0.15, -0.1) is 12.4 Å². The minimum Gasteiger partial charge on any atom is -0.454 e. The molecule has 1 aromatic carbocycles. The van der Waals surface area contributed by atoms with Crippen LogP contribution in [0.25, 0.3) is 0 Å². The van der Waals surface area contributed by atoms with E-state index in [1.165, 1.54) is 0 Å². The summed E-state index contributed by atoms with van der Waals surface area (Å²) >= 11 is 0. The first-order valence-electron chi connectivity index (χ1n) is 4.16. The first kappa shape index (κ1) is 11.1. The third-order valence-electron chi connectivity index (χ3n) is 2.08. The molecule has 2 rings (SSSR count). The van der Waals surface area contributed by atoms with Crippen molar-refractivity contribution in [3.63, 3.8) is 0 Å². The molecule has 78 valence electrons. The maximum atomic E-state index is 5.77. The SMILES string of the molecule is Cl.NC[C@@H](N)c1ccc2c(c1)OCO2. The van der Waals surface area contributed by atoms with E-state index in [0.29, 0.717) is 6.54 Å². The molecule has 0 radical (unpaired) electrons. The van der Waals surface area contributed by atoms with Gasteiger partial charge in [-0.1, -0.05) is 6.07 Å². The average Bonchev–Trinajstić information content (AvgIpc) is 2.63. The average molecular weight is 217 g/mol. The van der Waals surface area contributed by atoms with Crippen molar-refractivity contribution in [3.8, 4) is 11.5 Å². The van der Waals surface area contributed by atoms with E-state index in [2.05, 4.69) is 0 Å². The molecule has 0 saturated carbocycles. The first-order chi connectivity index (χ1) is 6.31. The van der Waals surface area contributed by atoms with Crippen molar-refractivity contribution >= 4 is 12.4 Å². The summed E-state index contributed by atoms with van der Waals surface area (Å²) in [7, 11) is 0. The van der Waals surface area contributed by atoms with E-state index in [1.807, 2.05) is 18.2 Å². The zero-order chi connectivity index (χ0) is 9.26. The number of benzene rings is 1. The number of ether oxygens (including phenoxy) is 2. The van der Waals surface area contributed by atoms with Gasteiger partial charge in [0.05, 0.1) is 0 Å². The highest BCUT2D eigenvalue weighted by Crippen LogP contribution is 2.33. The normalized spacial score (nSPS) is 14.7. The van der Waals surface area contributed by atoms with Crippen LogP contribution in [0.4, 0.5) is 0 Å². The molecule has 1 atom stereocenters. The van der Waals surface area contributed by atoms with Crippen LogP contribution < -0.4 is 20.9 Å². The van der Waals surface area contributed by atoms with Gasteiger partial charge in [0, 0.05) is 12.6 Å². The molecule has 4 N–H and O–H groups in total. The second-order valence-electron chi connectivity index (χ2n) is 2.95. The Morgan fingerprint density at radius 3 is 2.71 bits per heavy atom. The third kappa shape index (κ3) is 1.92. The number of nitrogens with two attached hydrogens (primary N) is 2. The summed E-state index contributed by atoms with van der Waals surface area (Å²) in [6, 6.07) is 5.51. The first-order valence-corrected chi connectivity index (χ1v) is 4.16. The predicted octanol–water partition coefficient (Wildman–Crippen LogP) is 0.796. The van der Waals surface area contributed by atoms with Gasteiger partial charge in [-0.3, -0.25) is 0 Å². The maximum Gasteiger partial charge on any atom is 0.231 e. The van der Waals surface area contributed by atoms with Crippen molar-refractivity contribution in [3.05, 3.63) is 23.8 Å². The molecule has 0 aliphatic carbocycles. The molecule has 0 amide bonds. The molecule has 0 bridgehead atoms. The van der Waals surface area contributed by atoms with E-state index in [4.69, 9.17) is 20.9 Å². The maximum absolute atomic E-state index is 5.77. The van der Waals surface area contributed by atoms with Crippen LogP contribution in [0.5, 0.6) is 11.5 Å². The molecule has 1 aromatic rings. The van der Waals surface area contributed by atoms with Crippen LogP contribution in [0.3, 0.4) is 0 Å². The van der Waals surface area contributed by atoms with Gasteiger partial charge in [0.1, 0.15) is 0 Å². The minimum absolute atomic E-state index is 0. The quantitative estimate of drug-likeness (QED) is 0.767. The molecule has 0 spiro atoms. The van der Waals surface area contributed by atoms with Crippen LogP contribution in [0, 0.1) is 0 Å². The number of halogens is 1. The zero-order valence-electron chi connectivity index (χ0n) is 7.60. The fourth-order valence-electron chi connectivity index (χ4n) is 1.28. The van der Waals surface area contributed by atoms with Crippen LogP contribution in [0.15, 0.2) is 18.2 Å². The van der Waals surface area contributed by atoms with Crippen LogP contribution in [0.1, 0.15) is 11.6 Å². The standard InChI is InChI=1S/C9H12N2O2.ClH/c10-4-7(11)6-1-2-8-9(3-6)13-5-12-8;/h1-3,7H,4-5,10-11H2;1H/t7-;/m1./s1.